The molecule has 0 radical (unpaired) electrons. The quantitative estimate of drug-likeness (QED) is 0.473. The van der Waals surface area contributed by atoms with Crippen LogP contribution in [0.4, 0.5) is 23.2 Å². The predicted octanol–water partition coefficient (Wildman–Crippen LogP) is 3.17. The lowest BCUT2D eigenvalue weighted by Gasteiger charge is -2.08. The van der Waals surface area contributed by atoms with Crippen LogP contribution < -0.4 is 5.73 Å². The van der Waals surface area contributed by atoms with Crippen LogP contribution in [-0.4, -0.2) is 0 Å². The Labute approximate surface area is 84.9 Å². The summed E-state index contributed by atoms with van der Waals surface area (Å²) in [5, 5.41) is 0. The molecular weight excluding hydrogens is 210 g/mol. The first-order valence-electron chi connectivity index (χ1n) is 4.61. The number of nitrogens with two attached hydrogens (primary N) is 1. The molecule has 0 atom stereocenters. The van der Waals surface area contributed by atoms with E-state index in [1.807, 2.05) is 0 Å². The molecule has 1 rings (SSSR count). The molecule has 0 saturated heterocycles. The minimum absolute atomic E-state index is 0.0394. The number of unbranched alkanes of at least 4 members (excludes halogenated alkanes) is 1. The van der Waals surface area contributed by atoms with Gasteiger partial charge in [0.1, 0.15) is 5.69 Å². The highest BCUT2D eigenvalue weighted by Crippen LogP contribution is 2.26. The Bertz CT molecular complexity index is 347. The standard InChI is InChI=1S/C10H11F4N/c1-2-3-4-5-6(11)8(13)10(15)9(14)7(5)12/h2-4,15H2,1H3. The van der Waals surface area contributed by atoms with Gasteiger partial charge in [-0.1, -0.05) is 13.3 Å². The third kappa shape index (κ3) is 2.06. The minimum Gasteiger partial charge on any atom is -0.394 e. The molecule has 15 heavy (non-hydrogen) atoms. The lowest BCUT2D eigenvalue weighted by Crippen LogP contribution is -2.08. The van der Waals surface area contributed by atoms with Gasteiger partial charge in [0.25, 0.3) is 0 Å². The van der Waals surface area contributed by atoms with E-state index >= 15 is 0 Å². The molecule has 0 spiro atoms. The van der Waals surface area contributed by atoms with E-state index < -0.39 is 34.5 Å². The normalized spacial score (nSPS) is 10.7. The number of halogens is 4. The van der Waals surface area contributed by atoms with Crippen molar-refractivity contribution in [3.05, 3.63) is 28.8 Å². The average Bonchev–Trinajstić information content (AvgIpc) is 2.24. The average molecular weight is 221 g/mol. The first-order chi connectivity index (χ1) is 7.00. The van der Waals surface area contributed by atoms with Crippen molar-refractivity contribution in [2.75, 3.05) is 5.73 Å². The van der Waals surface area contributed by atoms with Gasteiger partial charge in [-0.3, -0.25) is 0 Å². The molecule has 0 aromatic heterocycles. The lowest BCUT2D eigenvalue weighted by molar-refractivity contribution is 0.442. The van der Waals surface area contributed by atoms with Crippen molar-refractivity contribution in [1.82, 2.24) is 0 Å². The fourth-order valence-electron chi connectivity index (χ4n) is 1.27. The first kappa shape index (κ1) is 11.8. The van der Waals surface area contributed by atoms with Gasteiger partial charge in [0, 0.05) is 5.56 Å². The van der Waals surface area contributed by atoms with Crippen molar-refractivity contribution in [3.63, 3.8) is 0 Å². The van der Waals surface area contributed by atoms with E-state index in [4.69, 9.17) is 5.73 Å². The zero-order valence-corrected chi connectivity index (χ0v) is 8.21. The zero-order chi connectivity index (χ0) is 11.6. The highest BCUT2D eigenvalue weighted by atomic mass is 19.2. The van der Waals surface area contributed by atoms with Gasteiger partial charge in [0.2, 0.25) is 0 Å². The van der Waals surface area contributed by atoms with Gasteiger partial charge in [0.05, 0.1) is 0 Å². The van der Waals surface area contributed by atoms with Gasteiger partial charge < -0.3 is 5.73 Å². The molecule has 0 amide bonds. The topological polar surface area (TPSA) is 26.0 Å². The van der Waals surface area contributed by atoms with Gasteiger partial charge in [-0.05, 0) is 12.8 Å². The van der Waals surface area contributed by atoms with Gasteiger partial charge >= 0.3 is 0 Å². The summed E-state index contributed by atoms with van der Waals surface area (Å²) in [6, 6.07) is 0. The summed E-state index contributed by atoms with van der Waals surface area (Å²) in [5.41, 5.74) is 3.18. The van der Waals surface area contributed by atoms with Crippen LogP contribution >= 0.6 is 0 Å². The molecule has 0 saturated carbocycles. The van der Waals surface area contributed by atoms with Crippen LogP contribution in [0.5, 0.6) is 0 Å². The summed E-state index contributed by atoms with van der Waals surface area (Å²) in [7, 11) is 0. The lowest BCUT2D eigenvalue weighted by atomic mass is 10.1. The van der Waals surface area contributed by atoms with E-state index in [0.29, 0.717) is 12.8 Å². The fraction of sp³-hybridized carbons (Fsp3) is 0.400. The number of rotatable bonds is 3. The number of anilines is 1. The Morgan fingerprint density at radius 1 is 0.933 bits per heavy atom. The smallest absolute Gasteiger partial charge is 0.185 e. The second-order valence-corrected chi connectivity index (χ2v) is 3.25. The van der Waals surface area contributed by atoms with Crippen LogP contribution in [0.25, 0.3) is 0 Å². The van der Waals surface area contributed by atoms with E-state index in [1.54, 1.807) is 6.92 Å². The Kier molecular flexibility index (Phi) is 3.55. The van der Waals surface area contributed by atoms with E-state index in [-0.39, 0.29) is 6.42 Å². The zero-order valence-electron chi connectivity index (χ0n) is 8.21. The van der Waals surface area contributed by atoms with Gasteiger partial charge in [0.15, 0.2) is 23.3 Å². The molecule has 0 aliphatic rings. The van der Waals surface area contributed by atoms with E-state index in [9.17, 15) is 17.6 Å². The summed E-state index contributed by atoms with van der Waals surface area (Å²) < 4.78 is 52.2. The third-order valence-electron chi connectivity index (χ3n) is 2.17. The first-order valence-corrected chi connectivity index (χ1v) is 4.61. The van der Waals surface area contributed by atoms with Crippen molar-refractivity contribution in [1.29, 1.82) is 0 Å². The molecule has 0 aliphatic carbocycles. The number of benzene rings is 1. The van der Waals surface area contributed by atoms with E-state index in [2.05, 4.69) is 0 Å². The van der Waals surface area contributed by atoms with Crippen LogP contribution in [0.1, 0.15) is 25.3 Å². The van der Waals surface area contributed by atoms with Crippen LogP contribution in [0.2, 0.25) is 0 Å². The molecular formula is C10H11F4N. The fourth-order valence-corrected chi connectivity index (χ4v) is 1.27. The second-order valence-electron chi connectivity index (χ2n) is 3.25. The Morgan fingerprint density at radius 3 is 1.80 bits per heavy atom. The largest absolute Gasteiger partial charge is 0.394 e. The Balaban J connectivity index is 3.26. The second kappa shape index (κ2) is 4.51. The molecule has 0 bridgehead atoms. The monoisotopic (exact) mass is 221 g/mol. The SMILES string of the molecule is CCCCc1c(F)c(F)c(N)c(F)c1F. The molecule has 1 nitrogen and oxygen atoms in total. The van der Waals surface area contributed by atoms with Crippen LogP contribution in [0.3, 0.4) is 0 Å². The highest BCUT2D eigenvalue weighted by Gasteiger charge is 2.22. The van der Waals surface area contributed by atoms with Gasteiger partial charge in [-0.2, -0.15) is 0 Å². The molecule has 1 aromatic carbocycles. The van der Waals surface area contributed by atoms with E-state index in [1.165, 1.54) is 0 Å². The third-order valence-corrected chi connectivity index (χ3v) is 2.17. The van der Waals surface area contributed by atoms with Crippen molar-refractivity contribution >= 4 is 5.69 Å². The number of hydrogen-bond acceptors (Lipinski definition) is 1. The Morgan fingerprint density at radius 2 is 1.40 bits per heavy atom. The van der Waals surface area contributed by atoms with Crippen molar-refractivity contribution in [3.8, 4) is 0 Å². The summed E-state index contributed by atoms with van der Waals surface area (Å²) >= 11 is 0. The molecule has 0 unspecified atom stereocenters. The summed E-state index contributed by atoms with van der Waals surface area (Å²) in [6.45, 7) is 1.81. The van der Waals surface area contributed by atoms with Crippen LogP contribution in [-0.2, 0) is 6.42 Å². The van der Waals surface area contributed by atoms with E-state index in [0.717, 1.165) is 0 Å². The van der Waals surface area contributed by atoms with Gasteiger partial charge in [-0.15, -0.1) is 0 Å². The summed E-state index contributed by atoms with van der Waals surface area (Å²) in [4.78, 5) is 0. The van der Waals surface area contributed by atoms with Crippen molar-refractivity contribution in [2.24, 2.45) is 0 Å². The molecule has 84 valence electrons. The molecule has 5 heteroatoms. The Hall–Kier alpha value is -1.26. The number of hydrogen-bond donors (Lipinski definition) is 1. The van der Waals surface area contributed by atoms with Crippen molar-refractivity contribution in [2.45, 2.75) is 26.2 Å². The summed E-state index contributed by atoms with van der Waals surface area (Å²) in [6.07, 6.45) is 1.09. The minimum atomic E-state index is -1.51. The molecule has 2 N–H and O–H groups in total. The molecule has 0 aliphatic heterocycles. The molecule has 0 heterocycles. The predicted molar refractivity (Wildman–Crippen MR) is 49.3 cm³/mol. The number of nitrogen functional groups attached to an aromatic ring is 1. The van der Waals surface area contributed by atoms with Crippen LogP contribution in [0, 0.1) is 23.3 Å². The summed E-state index contributed by atoms with van der Waals surface area (Å²) in [5.74, 6) is -5.81. The maximum absolute atomic E-state index is 13.2. The molecule has 0 fully saturated rings. The van der Waals surface area contributed by atoms with Gasteiger partial charge in [-0.25, -0.2) is 17.6 Å². The highest BCUT2D eigenvalue weighted by molar-refractivity contribution is 5.45. The maximum atomic E-state index is 13.2. The van der Waals surface area contributed by atoms with Crippen LogP contribution in [0.15, 0.2) is 0 Å². The van der Waals surface area contributed by atoms with Crippen molar-refractivity contribution < 1.29 is 17.6 Å². The maximum Gasteiger partial charge on any atom is 0.185 e. The molecule has 1 aromatic rings.